The Morgan fingerprint density at radius 2 is 1.84 bits per heavy atom. The summed E-state index contributed by atoms with van der Waals surface area (Å²) < 4.78 is 19.0. The predicted molar refractivity (Wildman–Crippen MR) is 72.0 cm³/mol. The smallest absolute Gasteiger partial charge is 0.486 e. The number of ether oxygens (including phenoxy) is 1. The number of hydrogen-bond donors (Lipinski definition) is 2. The summed E-state index contributed by atoms with van der Waals surface area (Å²) >= 11 is 5.67. The molecular formula is C13H11BClFO3. The third-order valence-electron chi connectivity index (χ3n) is 2.55. The van der Waals surface area contributed by atoms with Crippen LogP contribution in [0.25, 0.3) is 0 Å². The molecule has 0 aliphatic heterocycles. The van der Waals surface area contributed by atoms with Gasteiger partial charge in [0.25, 0.3) is 0 Å². The number of rotatable bonds is 4. The van der Waals surface area contributed by atoms with Gasteiger partial charge in [0.15, 0.2) is 11.6 Å². The molecule has 0 atom stereocenters. The van der Waals surface area contributed by atoms with Crippen LogP contribution in [0.4, 0.5) is 4.39 Å². The molecule has 2 aromatic rings. The zero-order chi connectivity index (χ0) is 13.8. The van der Waals surface area contributed by atoms with Crippen molar-refractivity contribution in [3.63, 3.8) is 0 Å². The lowest BCUT2D eigenvalue weighted by Gasteiger charge is -2.10. The summed E-state index contributed by atoms with van der Waals surface area (Å²) in [5, 5.41) is 17.9. The molecule has 0 heterocycles. The maximum atomic E-state index is 13.7. The van der Waals surface area contributed by atoms with Gasteiger partial charge in [0.1, 0.15) is 6.61 Å². The predicted octanol–water partition coefficient (Wildman–Crippen LogP) is 1.74. The first kappa shape index (κ1) is 13.9. The highest BCUT2D eigenvalue weighted by Gasteiger charge is 2.17. The van der Waals surface area contributed by atoms with E-state index in [0.717, 1.165) is 11.6 Å². The van der Waals surface area contributed by atoms with Gasteiger partial charge in [0.2, 0.25) is 0 Å². The van der Waals surface area contributed by atoms with Crippen LogP contribution in [0.2, 0.25) is 5.02 Å². The standard InChI is InChI=1S/C13H11BClFO3/c15-11-6-10(14(17)18)7-12(13(11)16)19-8-9-4-2-1-3-5-9/h1-7,17-18H,8H2. The summed E-state index contributed by atoms with van der Waals surface area (Å²) in [6.45, 7) is 0.166. The van der Waals surface area contributed by atoms with Gasteiger partial charge in [0, 0.05) is 0 Å². The van der Waals surface area contributed by atoms with Crippen LogP contribution in [-0.4, -0.2) is 17.2 Å². The van der Waals surface area contributed by atoms with Crippen molar-refractivity contribution in [2.24, 2.45) is 0 Å². The van der Waals surface area contributed by atoms with E-state index in [2.05, 4.69) is 0 Å². The zero-order valence-corrected chi connectivity index (χ0v) is 10.6. The average Bonchev–Trinajstić information content (AvgIpc) is 2.41. The highest BCUT2D eigenvalue weighted by atomic mass is 35.5. The van der Waals surface area contributed by atoms with E-state index in [0.29, 0.717) is 0 Å². The quantitative estimate of drug-likeness (QED) is 0.839. The van der Waals surface area contributed by atoms with Crippen molar-refractivity contribution in [1.82, 2.24) is 0 Å². The first-order valence-corrected chi connectivity index (χ1v) is 5.97. The van der Waals surface area contributed by atoms with Crippen LogP contribution in [0, 0.1) is 5.82 Å². The first-order chi connectivity index (χ1) is 9.08. The molecule has 0 unspecified atom stereocenters. The molecule has 0 fully saturated rings. The van der Waals surface area contributed by atoms with Crippen LogP contribution in [0.15, 0.2) is 42.5 Å². The van der Waals surface area contributed by atoms with Gasteiger partial charge in [-0.2, -0.15) is 0 Å². The molecule has 19 heavy (non-hydrogen) atoms. The molecular weight excluding hydrogens is 269 g/mol. The van der Waals surface area contributed by atoms with Gasteiger partial charge in [-0.3, -0.25) is 0 Å². The van der Waals surface area contributed by atoms with Crippen molar-refractivity contribution in [3.05, 3.63) is 58.9 Å². The first-order valence-electron chi connectivity index (χ1n) is 5.59. The van der Waals surface area contributed by atoms with E-state index in [1.165, 1.54) is 6.07 Å². The molecule has 6 heteroatoms. The van der Waals surface area contributed by atoms with Gasteiger partial charge in [-0.25, -0.2) is 4.39 Å². The summed E-state index contributed by atoms with van der Waals surface area (Å²) in [4.78, 5) is 0. The Balaban J connectivity index is 2.20. The van der Waals surface area contributed by atoms with E-state index >= 15 is 0 Å². The Kier molecular flexibility index (Phi) is 4.42. The fourth-order valence-electron chi connectivity index (χ4n) is 1.57. The fourth-order valence-corrected chi connectivity index (χ4v) is 1.79. The lowest BCUT2D eigenvalue weighted by Crippen LogP contribution is -2.30. The monoisotopic (exact) mass is 280 g/mol. The Labute approximate surface area is 115 Å². The molecule has 0 aliphatic rings. The Morgan fingerprint density at radius 1 is 1.16 bits per heavy atom. The molecule has 0 saturated heterocycles. The lowest BCUT2D eigenvalue weighted by atomic mass is 9.80. The van der Waals surface area contributed by atoms with E-state index in [4.69, 9.17) is 26.4 Å². The minimum Gasteiger partial charge on any atom is -0.486 e. The van der Waals surface area contributed by atoms with Gasteiger partial charge in [-0.15, -0.1) is 0 Å². The summed E-state index contributed by atoms with van der Waals surface area (Å²) in [6.07, 6.45) is 0. The van der Waals surface area contributed by atoms with E-state index in [-0.39, 0.29) is 22.8 Å². The average molecular weight is 280 g/mol. The molecule has 0 aliphatic carbocycles. The highest BCUT2D eigenvalue weighted by molar-refractivity contribution is 6.59. The van der Waals surface area contributed by atoms with Crippen LogP contribution in [0.3, 0.4) is 0 Å². The second-order valence-corrected chi connectivity index (χ2v) is 4.37. The van der Waals surface area contributed by atoms with Gasteiger partial charge >= 0.3 is 7.12 Å². The molecule has 0 amide bonds. The van der Waals surface area contributed by atoms with Crippen molar-refractivity contribution in [2.75, 3.05) is 0 Å². The van der Waals surface area contributed by atoms with Crippen molar-refractivity contribution >= 4 is 24.2 Å². The molecule has 2 N–H and O–H groups in total. The normalized spacial score (nSPS) is 10.3. The van der Waals surface area contributed by atoms with Gasteiger partial charge < -0.3 is 14.8 Å². The molecule has 0 saturated carbocycles. The largest absolute Gasteiger partial charge is 0.488 e. The van der Waals surface area contributed by atoms with Gasteiger partial charge in [0.05, 0.1) is 5.02 Å². The lowest BCUT2D eigenvalue weighted by molar-refractivity contribution is 0.290. The maximum Gasteiger partial charge on any atom is 0.488 e. The summed E-state index contributed by atoms with van der Waals surface area (Å²) in [5.74, 6) is -0.832. The number of benzene rings is 2. The Hall–Kier alpha value is -1.56. The third-order valence-corrected chi connectivity index (χ3v) is 2.83. The molecule has 2 rings (SSSR count). The third kappa shape index (κ3) is 3.47. The molecule has 0 bridgehead atoms. The van der Waals surface area contributed by atoms with Crippen LogP contribution in [0.1, 0.15) is 5.56 Å². The van der Waals surface area contributed by atoms with Crippen LogP contribution in [0.5, 0.6) is 5.75 Å². The van der Waals surface area contributed by atoms with Crippen LogP contribution >= 0.6 is 11.6 Å². The zero-order valence-electron chi connectivity index (χ0n) is 9.88. The number of halogens is 2. The van der Waals surface area contributed by atoms with E-state index in [9.17, 15) is 4.39 Å². The van der Waals surface area contributed by atoms with Crippen LogP contribution in [-0.2, 0) is 6.61 Å². The molecule has 0 radical (unpaired) electrons. The molecule has 0 aromatic heterocycles. The van der Waals surface area contributed by atoms with E-state index in [1.54, 1.807) is 0 Å². The van der Waals surface area contributed by atoms with Crippen molar-refractivity contribution in [1.29, 1.82) is 0 Å². The van der Waals surface area contributed by atoms with Crippen molar-refractivity contribution in [2.45, 2.75) is 6.61 Å². The second kappa shape index (κ2) is 6.06. The van der Waals surface area contributed by atoms with E-state index in [1.807, 2.05) is 30.3 Å². The van der Waals surface area contributed by atoms with Crippen LogP contribution < -0.4 is 10.2 Å². The highest BCUT2D eigenvalue weighted by Crippen LogP contribution is 2.24. The topological polar surface area (TPSA) is 49.7 Å². The van der Waals surface area contributed by atoms with Gasteiger partial charge in [-0.05, 0) is 23.2 Å². The maximum absolute atomic E-state index is 13.7. The van der Waals surface area contributed by atoms with Crippen molar-refractivity contribution in [3.8, 4) is 5.75 Å². The van der Waals surface area contributed by atoms with Crippen molar-refractivity contribution < 1.29 is 19.2 Å². The minimum absolute atomic E-state index is 0.0782. The summed E-state index contributed by atoms with van der Waals surface area (Å²) in [5.41, 5.74) is 0.947. The van der Waals surface area contributed by atoms with Gasteiger partial charge in [-0.1, -0.05) is 41.9 Å². The molecule has 98 valence electrons. The molecule has 0 spiro atoms. The SMILES string of the molecule is OB(O)c1cc(Cl)c(F)c(OCc2ccccc2)c1. The minimum atomic E-state index is -1.72. The number of hydrogen-bond acceptors (Lipinski definition) is 3. The fraction of sp³-hybridized carbons (Fsp3) is 0.0769. The summed E-state index contributed by atoms with van der Waals surface area (Å²) in [7, 11) is -1.72. The Bertz CT molecular complexity index is 563. The van der Waals surface area contributed by atoms with E-state index < -0.39 is 12.9 Å². The second-order valence-electron chi connectivity index (χ2n) is 3.96. The molecule has 2 aromatic carbocycles. The Morgan fingerprint density at radius 3 is 2.47 bits per heavy atom. The summed E-state index contributed by atoms with van der Waals surface area (Å²) in [6, 6.07) is 11.6. The molecule has 3 nitrogen and oxygen atoms in total.